The van der Waals surface area contributed by atoms with Gasteiger partial charge in [0.1, 0.15) is 6.10 Å². The molecule has 1 aromatic rings. The molecule has 4 nitrogen and oxygen atoms in total. The lowest BCUT2D eigenvalue weighted by molar-refractivity contribution is -0.181. The van der Waals surface area contributed by atoms with Crippen molar-refractivity contribution in [2.24, 2.45) is 5.92 Å². The largest absolute Gasteiger partial charge is 0.460 e. The highest BCUT2D eigenvalue weighted by atomic mass is 16.7. The molecule has 3 atom stereocenters. The van der Waals surface area contributed by atoms with Gasteiger partial charge < -0.3 is 4.74 Å². The van der Waals surface area contributed by atoms with E-state index in [4.69, 9.17) is 9.57 Å². The molecule has 0 aromatic heterocycles. The number of nitrogens with zero attached hydrogens (tertiary/aromatic N) is 1. The minimum atomic E-state index is -0.395. The molecule has 0 unspecified atom stereocenters. The predicted molar refractivity (Wildman–Crippen MR) is 60.8 cm³/mol. The first-order valence-electron chi connectivity index (χ1n) is 5.90. The first kappa shape index (κ1) is 10.7. The van der Waals surface area contributed by atoms with Crippen molar-refractivity contribution in [1.82, 2.24) is 5.06 Å². The van der Waals surface area contributed by atoms with E-state index in [9.17, 15) is 4.79 Å². The highest BCUT2D eigenvalue weighted by Crippen LogP contribution is 2.32. The molecule has 2 aliphatic heterocycles. The quantitative estimate of drug-likeness (QED) is 0.723. The summed E-state index contributed by atoms with van der Waals surface area (Å²) in [6.07, 6.45) is -0.429. The molecule has 0 aliphatic carbocycles. The molecule has 0 radical (unpaired) electrons. The number of hydrogen-bond donors (Lipinski definition) is 0. The summed E-state index contributed by atoms with van der Waals surface area (Å²) >= 11 is 0. The highest BCUT2D eigenvalue weighted by Gasteiger charge is 2.49. The summed E-state index contributed by atoms with van der Waals surface area (Å²) in [5, 5.41) is 1.86. The van der Waals surface area contributed by atoms with Gasteiger partial charge in [0.25, 0.3) is 0 Å². The van der Waals surface area contributed by atoms with E-state index in [0.717, 1.165) is 6.54 Å². The molecule has 0 bridgehead atoms. The summed E-state index contributed by atoms with van der Waals surface area (Å²) in [5.74, 6) is -0.0516. The monoisotopic (exact) mass is 233 g/mol. The topological polar surface area (TPSA) is 38.8 Å². The van der Waals surface area contributed by atoms with Crippen molar-refractivity contribution in [1.29, 1.82) is 0 Å². The first-order valence-corrected chi connectivity index (χ1v) is 5.90. The van der Waals surface area contributed by atoms with Crippen LogP contribution < -0.4 is 0 Å². The minimum Gasteiger partial charge on any atom is -0.460 e. The Bertz CT molecular complexity index is 420. The van der Waals surface area contributed by atoms with Crippen LogP contribution in [0, 0.1) is 5.92 Å². The zero-order valence-corrected chi connectivity index (χ0v) is 9.70. The van der Waals surface area contributed by atoms with Gasteiger partial charge >= 0.3 is 5.97 Å². The van der Waals surface area contributed by atoms with Crippen molar-refractivity contribution in [2.45, 2.75) is 25.7 Å². The summed E-state index contributed by atoms with van der Waals surface area (Å²) in [6.45, 7) is 3.40. The molecule has 3 rings (SSSR count). The normalized spacial score (nSPS) is 32.5. The fraction of sp³-hybridized carbons (Fsp3) is 0.462. The molecule has 2 aliphatic rings. The Morgan fingerprint density at radius 3 is 2.82 bits per heavy atom. The number of carbonyl (C=O) groups excluding carboxylic acids is 1. The van der Waals surface area contributed by atoms with E-state index in [1.807, 2.05) is 30.2 Å². The molecule has 2 saturated heterocycles. The van der Waals surface area contributed by atoms with E-state index in [1.54, 1.807) is 0 Å². The van der Waals surface area contributed by atoms with Crippen LogP contribution in [0.15, 0.2) is 30.3 Å². The molecule has 1 aromatic carbocycles. The van der Waals surface area contributed by atoms with Crippen LogP contribution in [-0.2, 0) is 20.9 Å². The summed E-state index contributed by atoms with van der Waals surface area (Å²) in [4.78, 5) is 17.1. The fourth-order valence-corrected chi connectivity index (χ4v) is 2.45. The lowest BCUT2D eigenvalue weighted by Crippen LogP contribution is -2.24. The summed E-state index contributed by atoms with van der Waals surface area (Å²) in [7, 11) is 0. The third kappa shape index (κ3) is 1.94. The first-order chi connectivity index (χ1) is 8.24. The van der Waals surface area contributed by atoms with E-state index < -0.39 is 6.10 Å². The van der Waals surface area contributed by atoms with Crippen LogP contribution in [0.25, 0.3) is 0 Å². The standard InChI is InChI=1S/C13H15NO3/c1-9-11-8-14(17-12(11)13(15)16-9)7-10-5-3-2-4-6-10/h2-6,9,11-12H,7-8H2,1H3/t9-,11+,12+/m0/s1. The third-order valence-electron chi connectivity index (χ3n) is 3.41. The Labute approximate surface area is 100 Å². The maximum Gasteiger partial charge on any atom is 0.338 e. The second-order valence-corrected chi connectivity index (χ2v) is 4.64. The van der Waals surface area contributed by atoms with Gasteiger partial charge in [-0.15, -0.1) is 0 Å². The number of hydrogen-bond acceptors (Lipinski definition) is 4. The number of fused-ring (bicyclic) bond motifs is 1. The molecule has 17 heavy (non-hydrogen) atoms. The SMILES string of the molecule is C[C@@H]1OC(=O)[C@@H]2ON(Cc3ccccc3)C[C@H]12. The van der Waals surface area contributed by atoms with E-state index in [1.165, 1.54) is 5.56 Å². The molecule has 4 heteroatoms. The van der Waals surface area contributed by atoms with E-state index >= 15 is 0 Å². The smallest absolute Gasteiger partial charge is 0.338 e. The van der Waals surface area contributed by atoms with Gasteiger partial charge in [0, 0.05) is 19.0 Å². The van der Waals surface area contributed by atoms with Crippen LogP contribution in [0.1, 0.15) is 12.5 Å². The Hall–Kier alpha value is -1.39. The lowest BCUT2D eigenvalue weighted by Gasteiger charge is -2.16. The van der Waals surface area contributed by atoms with Crippen LogP contribution in [0.5, 0.6) is 0 Å². The van der Waals surface area contributed by atoms with Crippen LogP contribution in [0.4, 0.5) is 0 Å². The van der Waals surface area contributed by atoms with Gasteiger partial charge in [0.05, 0.1) is 0 Å². The molecule has 2 fully saturated rings. The van der Waals surface area contributed by atoms with Crippen molar-refractivity contribution < 1.29 is 14.4 Å². The average Bonchev–Trinajstić information content (AvgIpc) is 2.83. The van der Waals surface area contributed by atoms with Gasteiger partial charge in [0.2, 0.25) is 0 Å². The zero-order chi connectivity index (χ0) is 11.8. The van der Waals surface area contributed by atoms with Crippen molar-refractivity contribution in [2.75, 3.05) is 6.54 Å². The molecule has 2 heterocycles. The molecule has 0 saturated carbocycles. The summed E-state index contributed by atoms with van der Waals surface area (Å²) in [5.41, 5.74) is 1.19. The fourth-order valence-electron chi connectivity index (χ4n) is 2.45. The molecule has 0 amide bonds. The molecular weight excluding hydrogens is 218 g/mol. The second-order valence-electron chi connectivity index (χ2n) is 4.64. The average molecular weight is 233 g/mol. The zero-order valence-electron chi connectivity index (χ0n) is 9.70. The van der Waals surface area contributed by atoms with Crippen molar-refractivity contribution >= 4 is 5.97 Å². The van der Waals surface area contributed by atoms with Crippen molar-refractivity contribution in [3.63, 3.8) is 0 Å². The van der Waals surface area contributed by atoms with Gasteiger partial charge in [-0.2, -0.15) is 5.06 Å². The number of hydroxylamine groups is 2. The van der Waals surface area contributed by atoms with Gasteiger partial charge in [-0.05, 0) is 12.5 Å². The molecular formula is C13H15NO3. The van der Waals surface area contributed by atoms with Gasteiger partial charge in [0.15, 0.2) is 6.10 Å². The van der Waals surface area contributed by atoms with E-state index in [0.29, 0.717) is 6.54 Å². The van der Waals surface area contributed by atoms with Gasteiger partial charge in [-0.25, -0.2) is 4.79 Å². The number of benzene rings is 1. The number of ether oxygens (including phenoxy) is 1. The number of esters is 1. The molecule has 90 valence electrons. The minimum absolute atomic E-state index is 0.0340. The number of cyclic esters (lactones) is 1. The van der Waals surface area contributed by atoms with Crippen LogP contribution >= 0.6 is 0 Å². The van der Waals surface area contributed by atoms with Crippen LogP contribution in [0.2, 0.25) is 0 Å². The summed E-state index contributed by atoms with van der Waals surface area (Å²) in [6, 6.07) is 10.1. The maximum atomic E-state index is 11.5. The predicted octanol–water partition coefficient (Wildman–Crippen LogP) is 1.36. The van der Waals surface area contributed by atoms with Crippen LogP contribution in [0.3, 0.4) is 0 Å². The highest BCUT2D eigenvalue weighted by molar-refractivity contribution is 5.77. The van der Waals surface area contributed by atoms with Crippen LogP contribution in [-0.4, -0.2) is 29.8 Å². The summed E-state index contributed by atoms with van der Waals surface area (Å²) < 4.78 is 5.14. The molecule has 0 spiro atoms. The molecule has 0 N–H and O–H groups in total. The Kier molecular flexibility index (Phi) is 2.61. The Morgan fingerprint density at radius 2 is 2.12 bits per heavy atom. The lowest BCUT2D eigenvalue weighted by atomic mass is 10.0. The van der Waals surface area contributed by atoms with E-state index in [2.05, 4.69) is 12.1 Å². The van der Waals surface area contributed by atoms with Gasteiger partial charge in [-0.1, -0.05) is 30.3 Å². The number of carbonyl (C=O) groups is 1. The van der Waals surface area contributed by atoms with E-state index in [-0.39, 0.29) is 18.0 Å². The maximum absolute atomic E-state index is 11.5. The third-order valence-corrected chi connectivity index (χ3v) is 3.41. The number of rotatable bonds is 2. The second kappa shape index (κ2) is 4.13. The Balaban J connectivity index is 1.67. The van der Waals surface area contributed by atoms with Gasteiger partial charge in [-0.3, -0.25) is 4.84 Å². The van der Waals surface area contributed by atoms with Crippen molar-refractivity contribution in [3.8, 4) is 0 Å². The Morgan fingerprint density at radius 1 is 1.35 bits per heavy atom. The van der Waals surface area contributed by atoms with Crippen molar-refractivity contribution in [3.05, 3.63) is 35.9 Å².